The van der Waals surface area contributed by atoms with Crippen molar-refractivity contribution in [1.82, 2.24) is 14.2 Å². The molecular formula is C23H30N4O4S2. The van der Waals surface area contributed by atoms with Crippen LogP contribution in [0, 0.1) is 18.8 Å². The Balaban J connectivity index is 1.33. The van der Waals surface area contributed by atoms with E-state index < -0.39 is 10.0 Å². The fraction of sp³-hybridized carbons (Fsp3) is 0.522. The van der Waals surface area contributed by atoms with Gasteiger partial charge in [-0.1, -0.05) is 6.92 Å². The van der Waals surface area contributed by atoms with Gasteiger partial charge in [-0.15, -0.1) is 11.3 Å². The molecular weight excluding hydrogens is 460 g/mol. The minimum absolute atomic E-state index is 0.0573. The van der Waals surface area contributed by atoms with Crippen LogP contribution >= 0.6 is 11.3 Å². The Labute approximate surface area is 199 Å². The summed E-state index contributed by atoms with van der Waals surface area (Å²) >= 11 is 1.40. The molecule has 2 amide bonds. The minimum Gasteiger partial charge on any atom is -0.339 e. The molecule has 1 N–H and O–H groups in total. The van der Waals surface area contributed by atoms with E-state index in [0.717, 1.165) is 18.5 Å². The number of rotatable bonds is 5. The number of likely N-dealkylation sites (tertiary alicyclic amines) is 1. The third-order valence-electron chi connectivity index (χ3n) is 6.48. The highest BCUT2D eigenvalue weighted by Gasteiger charge is 2.30. The standard InChI is InChI=1S/C23H30N4O4S2/c1-16-7-13-27(14-8-16)33(30,31)20-5-3-19(4-6-20)22(29)26-11-9-18(10-12-26)21(28)25-23-24-17(2)15-32-23/h3-6,15-16,18H,7-14H2,1-2H3,(H,24,25,28). The Morgan fingerprint density at radius 2 is 1.67 bits per heavy atom. The summed E-state index contributed by atoms with van der Waals surface area (Å²) in [7, 11) is -3.53. The number of hydrogen-bond donors (Lipinski definition) is 1. The number of benzene rings is 1. The van der Waals surface area contributed by atoms with E-state index in [1.165, 1.54) is 27.8 Å². The predicted molar refractivity (Wildman–Crippen MR) is 128 cm³/mol. The Kier molecular flexibility index (Phi) is 7.16. The van der Waals surface area contributed by atoms with Crippen LogP contribution in [0.5, 0.6) is 0 Å². The Bertz CT molecular complexity index is 1100. The fourth-order valence-electron chi connectivity index (χ4n) is 4.29. The maximum atomic E-state index is 12.9. The number of aromatic nitrogens is 1. The number of sulfonamides is 1. The molecule has 10 heteroatoms. The number of amides is 2. The molecule has 2 aromatic rings. The molecule has 0 saturated carbocycles. The van der Waals surface area contributed by atoms with E-state index in [1.54, 1.807) is 17.0 Å². The number of hydrogen-bond acceptors (Lipinski definition) is 6. The molecule has 2 aliphatic rings. The Hall–Kier alpha value is -2.30. The zero-order valence-corrected chi connectivity index (χ0v) is 20.6. The summed E-state index contributed by atoms with van der Waals surface area (Å²) in [5.74, 6) is 0.194. The number of carbonyl (C=O) groups excluding carboxylic acids is 2. The highest BCUT2D eigenvalue weighted by Crippen LogP contribution is 2.25. The predicted octanol–water partition coefficient (Wildman–Crippen LogP) is 3.36. The second-order valence-electron chi connectivity index (χ2n) is 8.96. The van der Waals surface area contributed by atoms with Crippen LogP contribution in [-0.4, -0.2) is 60.6 Å². The van der Waals surface area contributed by atoms with Crippen molar-refractivity contribution in [1.29, 1.82) is 0 Å². The van der Waals surface area contributed by atoms with Crippen molar-refractivity contribution in [2.75, 3.05) is 31.5 Å². The van der Waals surface area contributed by atoms with Crippen molar-refractivity contribution in [3.8, 4) is 0 Å². The van der Waals surface area contributed by atoms with Gasteiger partial charge in [-0.05, 0) is 62.8 Å². The van der Waals surface area contributed by atoms with Gasteiger partial charge in [0.2, 0.25) is 15.9 Å². The third-order valence-corrected chi connectivity index (χ3v) is 9.27. The molecule has 0 atom stereocenters. The van der Waals surface area contributed by atoms with Crippen LogP contribution in [-0.2, 0) is 14.8 Å². The first-order valence-electron chi connectivity index (χ1n) is 11.4. The molecule has 1 aromatic heterocycles. The summed E-state index contributed by atoms with van der Waals surface area (Å²) in [6.07, 6.45) is 2.91. The number of carbonyl (C=O) groups is 2. The van der Waals surface area contributed by atoms with Gasteiger partial charge < -0.3 is 10.2 Å². The van der Waals surface area contributed by atoms with E-state index in [4.69, 9.17) is 0 Å². The first-order chi connectivity index (χ1) is 15.7. The highest BCUT2D eigenvalue weighted by atomic mass is 32.2. The number of aryl methyl sites for hydroxylation is 1. The van der Waals surface area contributed by atoms with Gasteiger partial charge in [0.15, 0.2) is 5.13 Å². The van der Waals surface area contributed by atoms with Crippen LogP contribution in [0.15, 0.2) is 34.5 Å². The van der Waals surface area contributed by atoms with Crippen molar-refractivity contribution in [3.63, 3.8) is 0 Å². The number of piperidine rings is 2. The summed E-state index contributed by atoms with van der Waals surface area (Å²) in [6, 6.07) is 6.23. The number of nitrogens with zero attached hydrogens (tertiary/aromatic N) is 3. The SMILES string of the molecule is Cc1csc(NC(=O)C2CCN(C(=O)c3ccc(S(=O)(=O)N4CCC(C)CC4)cc3)CC2)n1. The van der Waals surface area contributed by atoms with Crippen molar-refractivity contribution >= 4 is 38.3 Å². The molecule has 3 heterocycles. The normalized spacial score (nSPS) is 18.9. The molecule has 178 valence electrons. The van der Waals surface area contributed by atoms with Crippen molar-refractivity contribution in [2.24, 2.45) is 11.8 Å². The molecule has 8 nitrogen and oxygen atoms in total. The van der Waals surface area contributed by atoms with Gasteiger partial charge in [-0.2, -0.15) is 4.31 Å². The maximum Gasteiger partial charge on any atom is 0.253 e. The van der Waals surface area contributed by atoms with E-state index in [1.807, 2.05) is 12.3 Å². The summed E-state index contributed by atoms with van der Waals surface area (Å²) in [5.41, 5.74) is 1.34. The van der Waals surface area contributed by atoms with Crippen molar-refractivity contribution in [3.05, 3.63) is 40.9 Å². The van der Waals surface area contributed by atoms with Gasteiger partial charge in [0.25, 0.3) is 5.91 Å². The summed E-state index contributed by atoms with van der Waals surface area (Å²) in [6.45, 7) is 6.07. The van der Waals surface area contributed by atoms with E-state index in [2.05, 4.69) is 17.2 Å². The molecule has 0 unspecified atom stereocenters. The third kappa shape index (κ3) is 5.44. The van der Waals surface area contributed by atoms with Crippen LogP contribution in [0.1, 0.15) is 48.7 Å². The highest BCUT2D eigenvalue weighted by molar-refractivity contribution is 7.89. The van der Waals surface area contributed by atoms with E-state index >= 15 is 0 Å². The summed E-state index contributed by atoms with van der Waals surface area (Å²) in [5, 5.41) is 5.35. The largest absolute Gasteiger partial charge is 0.339 e. The fourth-order valence-corrected chi connectivity index (χ4v) is 6.45. The van der Waals surface area contributed by atoms with Crippen LogP contribution in [0.25, 0.3) is 0 Å². The molecule has 0 bridgehead atoms. The molecule has 4 rings (SSSR count). The van der Waals surface area contributed by atoms with Gasteiger partial charge in [-0.25, -0.2) is 13.4 Å². The molecule has 0 spiro atoms. The van der Waals surface area contributed by atoms with Gasteiger partial charge in [0.1, 0.15) is 0 Å². The first-order valence-corrected chi connectivity index (χ1v) is 13.7. The second-order valence-corrected chi connectivity index (χ2v) is 11.8. The van der Waals surface area contributed by atoms with Crippen LogP contribution in [0.3, 0.4) is 0 Å². The first kappa shape index (κ1) is 23.8. The smallest absolute Gasteiger partial charge is 0.253 e. The number of thiazole rings is 1. The van der Waals surface area contributed by atoms with Gasteiger partial charge >= 0.3 is 0 Å². The number of nitrogens with one attached hydrogen (secondary N) is 1. The lowest BCUT2D eigenvalue weighted by Gasteiger charge is -2.31. The molecule has 0 radical (unpaired) electrons. The topological polar surface area (TPSA) is 99.7 Å². The summed E-state index contributed by atoms with van der Waals surface area (Å²) < 4.78 is 27.3. The Morgan fingerprint density at radius 3 is 2.24 bits per heavy atom. The van der Waals surface area contributed by atoms with E-state index in [9.17, 15) is 18.0 Å². The van der Waals surface area contributed by atoms with Gasteiger partial charge in [0.05, 0.1) is 10.6 Å². The molecule has 33 heavy (non-hydrogen) atoms. The molecule has 2 saturated heterocycles. The van der Waals surface area contributed by atoms with Crippen molar-refractivity contribution in [2.45, 2.75) is 44.4 Å². The lowest BCUT2D eigenvalue weighted by atomic mass is 9.95. The lowest BCUT2D eigenvalue weighted by Crippen LogP contribution is -2.41. The van der Waals surface area contributed by atoms with Crippen molar-refractivity contribution < 1.29 is 18.0 Å². The van der Waals surface area contributed by atoms with E-state index in [0.29, 0.717) is 55.6 Å². The average molecular weight is 491 g/mol. The minimum atomic E-state index is -3.53. The number of anilines is 1. The monoisotopic (exact) mass is 490 g/mol. The molecule has 0 aliphatic carbocycles. The van der Waals surface area contributed by atoms with Crippen LogP contribution < -0.4 is 5.32 Å². The summed E-state index contributed by atoms with van der Waals surface area (Å²) in [4.78, 5) is 31.6. The van der Waals surface area contributed by atoms with Crippen LogP contribution in [0.2, 0.25) is 0 Å². The Morgan fingerprint density at radius 1 is 1.03 bits per heavy atom. The zero-order valence-electron chi connectivity index (χ0n) is 19.0. The molecule has 2 aliphatic heterocycles. The quantitative estimate of drug-likeness (QED) is 0.693. The molecule has 1 aromatic carbocycles. The van der Waals surface area contributed by atoms with Gasteiger partial charge in [-0.3, -0.25) is 9.59 Å². The zero-order chi connectivity index (χ0) is 23.6. The van der Waals surface area contributed by atoms with E-state index in [-0.39, 0.29) is 22.6 Å². The lowest BCUT2D eigenvalue weighted by molar-refractivity contribution is -0.121. The second kappa shape index (κ2) is 9.90. The average Bonchev–Trinajstić information content (AvgIpc) is 3.23. The molecule has 2 fully saturated rings. The van der Waals surface area contributed by atoms with Gasteiger partial charge in [0, 0.05) is 43.0 Å². The maximum absolute atomic E-state index is 12.9. The van der Waals surface area contributed by atoms with Crippen LogP contribution in [0.4, 0.5) is 5.13 Å².